The molecule has 4 nitrogen and oxygen atoms in total. The van der Waals surface area contributed by atoms with Crippen LogP contribution in [0.15, 0.2) is 0 Å². The molecule has 2 aliphatic rings. The van der Waals surface area contributed by atoms with E-state index in [0.29, 0.717) is 12.6 Å². The molecule has 2 heterocycles. The summed E-state index contributed by atoms with van der Waals surface area (Å²) < 4.78 is 5.60. The zero-order valence-electron chi connectivity index (χ0n) is 10.7. The molecule has 4 heteroatoms. The van der Waals surface area contributed by atoms with E-state index in [-0.39, 0.29) is 0 Å². The van der Waals surface area contributed by atoms with Crippen molar-refractivity contribution in [1.82, 2.24) is 4.90 Å². The smallest absolute Gasteiger partial charge is 0.310 e. The van der Waals surface area contributed by atoms with Gasteiger partial charge < -0.3 is 14.7 Å². The summed E-state index contributed by atoms with van der Waals surface area (Å²) in [6.45, 7) is 5.51. The maximum Gasteiger partial charge on any atom is 0.310 e. The van der Waals surface area contributed by atoms with Crippen molar-refractivity contribution < 1.29 is 14.6 Å². The zero-order chi connectivity index (χ0) is 12.3. The van der Waals surface area contributed by atoms with E-state index in [1.807, 2.05) is 6.92 Å². The molecule has 2 unspecified atom stereocenters. The molecule has 0 spiro atoms. The third-order valence-corrected chi connectivity index (χ3v) is 4.35. The molecule has 1 N–H and O–H groups in total. The van der Waals surface area contributed by atoms with Gasteiger partial charge in [0.2, 0.25) is 0 Å². The number of carboxylic acids is 1. The summed E-state index contributed by atoms with van der Waals surface area (Å²) >= 11 is 0. The van der Waals surface area contributed by atoms with E-state index in [1.165, 1.54) is 12.8 Å². The number of carbonyl (C=O) groups is 1. The van der Waals surface area contributed by atoms with Gasteiger partial charge in [0.25, 0.3) is 0 Å². The Morgan fingerprint density at radius 1 is 1.59 bits per heavy atom. The molecule has 2 fully saturated rings. The number of hydrogen-bond acceptors (Lipinski definition) is 3. The molecule has 0 aromatic carbocycles. The first kappa shape index (κ1) is 12.8. The summed E-state index contributed by atoms with van der Waals surface area (Å²) in [6.07, 6.45) is 5.35. The lowest BCUT2D eigenvalue weighted by atomic mass is 9.84. The molecule has 0 aromatic rings. The van der Waals surface area contributed by atoms with Gasteiger partial charge in [-0.15, -0.1) is 0 Å². The second-order valence-corrected chi connectivity index (χ2v) is 5.39. The Bertz CT molecular complexity index is 276. The molecule has 0 bridgehead atoms. The van der Waals surface area contributed by atoms with E-state index in [2.05, 4.69) is 4.90 Å². The first-order valence-corrected chi connectivity index (χ1v) is 6.74. The fraction of sp³-hybridized carbons (Fsp3) is 0.923. The third-order valence-electron chi connectivity index (χ3n) is 4.35. The van der Waals surface area contributed by atoms with E-state index in [0.717, 1.165) is 39.0 Å². The first-order chi connectivity index (χ1) is 8.16. The molecule has 2 rings (SSSR count). The number of carboxylic acid groups (broad SMARTS) is 1. The molecular formula is C13H23NO3. The summed E-state index contributed by atoms with van der Waals surface area (Å²) in [4.78, 5) is 13.6. The minimum absolute atomic E-state index is 0.413. The number of likely N-dealkylation sites (tertiary alicyclic amines) is 1. The maximum atomic E-state index is 11.3. The maximum absolute atomic E-state index is 11.3. The van der Waals surface area contributed by atoms with Gasteiger partial charge in [-0.1, -0.05) is 6.92 Å². The Morgan fingerprint density at radius 2 is 2.41 bits per heavy atom. The SMILES string of the molecule is CCC1(C(=O)O)CCN(CCC2CCCO2)C1. The van der Waals surface area contributed by atoms with Gasteiger partial charge in [0.15, 0.2) is 0 Å². The van der Waals surface area contributed by atoms with Gasteiger partial charge >= 0.3 is 5.97 Å². The summed E-state index contributed by atoms with van der Waals surface area (Å²) in [7, 11) is 0. The molecular weight excluding hydrogens is 218 g/mol. The lowest BCUT2D eigenvalue weighted by Crippen LogP contribution is -2.34. The standard InChI is InChI=1S/C13H23NO3/c1-2-13(12(15)16)6-8-14(10-13)7-5-11-4-3-9-17-11/h11H,2-10H2,1H3,(H,15,16). The van der Waals surface area contributed by atoms with Crippen molar-refractivity contribution in [3.05, 3.63) is 0 Å². The largest absolute Gasteiger partial charge is 0.481 e. The molecule has 2 aliphatic heterocycles. The van der Waals surface area contributed by atoms with Gasteiger partial charge in [-0.2, -0.15) is 0 Å². The van der Waals surface area contributed by atoms with Crippen LogP contribution >= 0.6 is 0 Å². The predicted octanol–water partition coefficient (Wildman–Crippen LogP) is 1.74. The third kappa shape index (κ3) is 2.80. The normalized spacial score (nSPS) is 34.3. The quantitative estimate of drug-likeness (QED) is 0.796. The second kappa shape index (κ2) is 5.36. The van der Waals surface area contributed by atoms with Crippen LogP contribution in [0, 0.1) is 5.41 Å². The summed E-state index contributed by atoms with van der Waals surface area (Å²) in [5.41, 5.74) is -0.490. The molecule has 0 aromatic heterocycles. The predicted molar refractivity (Wildman–Crippen MR) is 65.0 cm³/mol. The van der Waals surface area contributed by atoms with E-state index >= 15 is 0 Å². The highest BCUT2D eigenvalue weighted by molar-refractivity contribution is 5.75. The van der Waals surface area contributed by atoms with Gasteiger partial charge in [0, 0.05) is 19.7 Å². The second-order valence-electron chi connectivity index (χ2n) is 5.39. The van der Waals surface area contributed by atoms with Crippen molar-refractivity contribution in [3.63, 3.8) is 0 Å². The average Bonchev–Trinajstić information content (AvgIpc) is 2.96. The minimum Gasteiger partial charge on any atom is -0.481 e. The number of nitrogens with zero attached hydrogens (tertiary/aromatic N) is 1. The van der Waals surface area contributed by atoms with Gasteiger partial charge in [0.1, 0.15) is 0 Å². The van der Waals surface area contributed by atoms with Crippen LogP contribution in [0.1, 0.15) is 39.0 Å². The van der Waals surface area contributed by atoms with E-state index in [1.54, 1.807) is 0 Å². The fourth-order valence-electron chi connectivity index (χ4n) is 2.96. The Labute approximate surface area is 103 Å². The monoisotopic (exact) mass is 241 g/mol. The van der Waals surface area contributed by atoms with Gasteiger partial charge in [-0.3, -0.25) is 4.79 Å². The highest BCUT2D eigenvalue weighted by atomic mass is 16.5. The van der Waals surface area contributed by atoms with Crippen molar-refractivity contribution in [2.24, 2.45) is 5.41 Å². The highest BCUT2D eigenvalue weighted by Crippen LogP contribution is 2.34. The Balaban J connectivity index is 1.78. The van der Waals surface area contributed by atoms with Crippen LogP contribution in [0.25, 0.3) is 0 Å². The molecule has 0 aliphatic carbocycles. The van der Waals surface area contributed by atoms with Crippen LogP contribution in [0.4, 0.5) is 0 Å². The lowest BCUT2D eigenvalue weighted by Gasteiger charge is -2.23. The minimum atomic E-state index is -0.625. The average molecular weight is 241 g/mol. The summed E-state index contributed by atoms with van der Waals surface area (Å²) in [5, 5.41) is 9.31. The molecule has 2 saturated heterocycles. The van der Waals surface area contributed by atoms with Crippen LogP contribution < -0.4 is 0 Å². The van der Waals surface area contributed by atoms with E-state index < -0.39 is 11.4 Å². The Morgan fingerprint density at radius 3 is 2.94 bits per heavy atom. The van der Waals surface area contributed by atoms with Crippen LogP contribution in [0.5, 0.6) is 0 Å². The van der Waals surface area contributed by atoms with Gasteiger partial charge in [0.05, 0.1) is 11.5 Å². The number of hydrogen-bond donors (Lipinski definition) is 1. The molecule has 0 radical (unpaired) electrons. The van der Waals surface area contributed by atoms with Crippen LogP contribution in [-0.4, -0.2) is 48.3 Å². The zero-order valence-corrected chi connectivity index (χ0v) is 10.7. The number of ether oxygens (including phenoxy) is 1. The van der Waals surface area contributed by atoms with E-state index in [9.17, 15) is 9.90 Å². The number of rotatable bonds is 5. The molecule has 0 saturated carbocycles. The molecule has 17 heavy (non-hydrogen) atoms. The van der Waals surface area contributed by atoms with Crippen molar-refractivity contribution in [2.45, 2.75) is 45.1 Å². The fourth-order valence-corrected chi connectivity index (χ4v) is 2.96. The van der Waals surface area contributed by atoms with Crippen LogP contribution in [0.2, 0.25) is 0 Å². The van der Waals surface area contributed by atoms with Crippen molar-refractivity contribution in [3.8, 4) is 0 Å². The van der Waals surface area contributed by atoms with Gasteiger partial charge in [-0.25, -0.2) is 0 Å². The Hall–Kier alpha value is -0.610. The van der Waals surface area contributed by atoms with Gasteiger partial charge in [-0.05, 0) is 38.6 Å². The van der Waals surface area contributed by atoms with Crippen LogP contribution in [0.3, 0.4) is 0 Å². The first-order valence-electron chi connectivity index (χ1n) is 6.74. The summed E-state index contributed by atoms with van der Waals surface area (Å²) in [5.74, 6) is -0.625. The summed E-state index contributed by atoms with van der Waals surface area (Å²) in [6, 6.07) is 0. The van der Waals surface area contributed by atoms with Crippen LogP contribution in [-0.2, 0) is 9.53 Å². The molecule has 0 amide bonds. The van der Waals surface area contributed by atoms with E-state index in [4.69, 9.17) is 4.74 Å². The highest BCUT2D eigenvalue weighted by Gasteiger charge is 2.43. The topological polar surface area (TPSA) is 49.8 Å². The lowest BCUT2D eigenvalue weighted by molar-refractivity contribution is -0.148. The van der Waals surface area contributed by atoms with Crippen molar-refractivity contribution in [1.29, 1.82) is 0 Å². The van der Waals surface area contributed by atoms with Crippen molar-refractivity contribution >= 4 is 5.97 Å². The molecule has 2 atom stereocenters. The molecule has 98 valence electrons. The Kier molecular flexibility index (Phi) is 4.05. The van der Waals surface area contributed by atoms with Crippen molar-refractivity contribution in [2.75, 3.05) is 26.2 Å². The number of aliphatic carboxylic acids is 1.